The normalized spacial score (nSPS) is 10.4. The fourth-order valence-corrected chi connectivity index (χ4v) is 2.38. The number of aromatic nitrogens is 2. The van der Waals surface area contributed by atoms with Crippen molar-refractivity contribution in [2.75, 3.05) is 5.32 Å². The number of rotatable bonds is 4. The summed E-state index contributed by atoms with van der Waals surface area (Å²) in [6, 6.07) is 17.2. The van der Waals surface area contributed by atoms with Gasteiger partial charge in [0.1, 0.15) is 5.82 Å². The van der Waals surface area contributed by atoms with Gasteiger partial charge in [-0.3, -0.25) is 9.48 Å². The van der Waals surface area contributed by atoms with Crippen LogP contribution in [0.1, 0.15) is 20.7 Å². The first-order valence-electron chi connectivity index (χ1n) is 7.27. The van der Waals surface area contributed by atoms with Crippen molar-refractivity contribution in [3.8, 4) is 11.3 Å². The minimum atomic E-state index is -1.39. The quantitative estimate of drug-likeness (QED) is 0.792. The molecule has 3 aromatic rings. The van der Waals surface area contributed by atoms with Crippen molar-refractivity contribution < 1.29 is 14.7 Å². The minimum Gasteiger partial charge on any atom is -0.545 e. The zero-order valence-electron chi connectivity index (χ0n) is 12.9. The molecule has 0 aliphatic carbocycles. The Morgan fingerprint density at radius 3 is 2.29 bits per heavy atom. The van der Waals surface area contributed by atoms with E-state index in [1.165, 1.54) is 16.8 Å². The molecule has 0 radical (unpaired) electrons. The molecule has 0 fully saturated rings. The highest BCUT2D eigenvalue weighted by Gasteiger charge is 2.14. The van der Waals surface area contributed by atoms with Crippen molar-refractivity contribution >= 4 is 17.7 Å². The topological polar surface area (TPSA) is 87.0 Å². The van der Waals surface area contributed by atoms with Crippen LogP contribution in [-0.4, -0.2) is 21.7 Å². The van der Waals surface area contributed by atoms with Gasteiger partial charge in [-0.2, -0.15) is 5.10 Å². The number of benzene rings is 2. The number of hydrogen-bond donors (Lipinski definition) is 1. The maximum absolute atomic E-state index is 12.4. The zero-order chi connectivity index (χ0) is 17.1. The van der Waals surface area contributed by atoms with Gasteiger partial charge in [-0.15, -0.1) is 0 Å². The Labute approximate surface area is 138 Å². The van der Waals surface area contributed by atoms with Crippen molar-refractivity contribution in [2.45, 2.75) is 0 Å². The van der Waals surface area contributed by atoms with Crippen LogP contribution < -0.4 is 10.4 Å². The molecule has 0 aliphatic heterocycles. The Morgan fingerprint density at radius 1 is 1.00 bits per heavy atom. The lowest BCUT2D eigenvalue weighted by atomic mass is 10.1. The Kier molecular flexibility index (Phi) is 4.11. The summed E-state index contributed by atoms with van der Waals surface area (Å²) in [7, 11) is 1.70. The van der Waals surface area contributed by atoms with E-state index in [1.54, 1.807) is 25.2 Å². The predicted molar refractivity (Wildman–Crippen MR) is 87.4 cm³/mol. The number of carboxylic acid groups (broad SMARTS) is 1. The molecule has 6 heteroatoms. The maximum atomic E-state index is 12.4. The molecule has 24 heavy (non-hydrogen) atoms. The number of nitrogens with zero attached hydrogens (tertiary/aromatic N) is 2. The molecule has 0 atom stereocenters. The summed E-state index contributed by atoms with van der Waals surface area (Å²) in [5, 5.41) is 18.2. The van der Waals surface area contributed by atoms with Crippen molar-refractivity contribution in [1.82, 2.24) is 9.78 Å². The third-order valence-corrected chi connectivity index (χ3v) is 3.58. The Morgan fingerprint density at radius 2 is 1.62 bits per heavy atom. The van der Waals surface area contributed by atoms with Crippen molar-refractivity contribution in [1.29, 1.82) is 0 Å². The zero-order valence-corrected chi connectivity index (χ0v) is 12.9. The number of carbonyl (C=O) groups is 2. The number of amides is 1. The van der Waals surface area contributed by atoms with E-state index in [2.05, 4.69) is 10.4 Å². The standard InChI is InChI=1S/C18H15N3O3/c1-21-16(11-15(20-21)12-7-3-2-4-8-12)19-17(22)13-9-5-6-10-14(13)18(23)24/h2-11H,1H3,(H,19,22)(H,23,24)/p-1. The van der Waals surface area contributed by atoms with Crippen LogP contribution in [0.15, 0.2) is 60.7 Å². The lowest BCUT2D eigenvalue weighted by Gasteiger charge is -2.10. The third kappa shape index (κ3) is 3.03. The van der Waals surface area contributed by atoms with Crippen LogP contribution in [0.3, 0.4) is 0 Å². The van der Waals surface area contributed by atoms with Gasteiger partial charge in [0.25, 0.3) is 5.91 Å². The van der Waals surface area contributed by atoms with Gasteiger partial charge in [-0.25, -0.2) is 0 Å². The second-order valence-electron chi connectivity index (χ2n) is 5.19. The lowest BCUT2D eigenvalue weighted by molar-refractivity contribution is -0.255. The Bertz CT molecular complexity index is 901. The Hall–Kier alpha value is -3.41. The predicted octanol–water partition coefficient (Wildman–Crippen LogP) is 1.70. The van der Waals surface area contributed by atoms with Crippen LogP contribution in [0.5, 0.6) is 0 Å². The molecule has 0 aliphatic rings. The lowest BCUT2D eigenvalue weighted by Crippen LogP contribution is -2.26. The van der Waals surface area contributed by atoms with E-state index >= 15 is 0 Å². The fraction of sp³-hybridized carbons (Fsp3) is 0.0556. The average molecular weight is 320 g/mol. The average Bonchev–Trinajstić information content (AvgIpc) is 2.96. The molecule has 1 amide bonds. The van der Waals surface area contributed by atoms with E-state index in [-0.39, 0.29) is 11.1 Å². The molecule has 2 aromatic carbocycles. The molecule has 1 N–H and O–H groups in total. The van der Waals surface area contributed by atoms with Gasteiger partial charge < -0.3 is 15.2 Å². The second-order valence-corrected chi connectivity index (χ2v) is 5.19. The van der Waals surface area contributed by atoms with Gasteiger partial charge in [0.05, 0.1) is 11.7 Å². The molecule has 1 heterocycles. The molecule has 0 saturated carbocycles. The van der Waals surface area contributed by atoms with E-state index < -0.39 is 11.9 Å². The van der Waals surface area contributed by atoms with Crippen LogP contribution in [0.25, 0.3) is 11.3 Å². The summed E-state index contributed by atoms with van der Waals surface area (Å²) in [5.41, 5.74) is 1.52. The summed E-state index contributed by atoms with van der Waals surface area (Å²) < 4.78 is 1.53. The summed E-state index contributed by atoms with van der Waals surface area (Å²) in [6.07, 6.45) is 0. The smallest absolute Gasteiger partial charge is 0.257 e. The molecule has 6 nitrogen and oxygen atoms in total. The molecule has 0 unspecified atom stereocenters. The number of carbonyl (C=O) groups excluding carboxylic acids is 2. The van der Waals surface area contributed by atoms with Gasteiger partial charge in [0.2, 0.25) is 0 Å². The Balaban J connectivity index is 1.88. The first-order valence-corrected chi connectivity index (χ1v) is 7.27. The van der Waals surface area contributed by atoms with Crippen molar-refractivity contribution in [3.63, 3.8) is 0 Å². The molecule has 1 aromatic heterocycles. The van der Waals surface area contributed by atoms with E-state index in [9.17, 15) is 14.7 Å². The van der Waals surface area contributed by atoms with E-state index in [1.807, 2.05) is 30.3 Å². The number of anilines is 1. The molecular formula is C18H14N3O3-. The second kappa shape index (κ2) is 6.37. The van der Waals surface area contributed by atoms with Gasteiger partial charge in [-0.1, -0.05) is 48.5 Å². The highest BCUT2D eigenvalue weighted by molar-refractivity contribution is 6.10. The van der Waals surface area contributed by atoms with Crippen LogP contribution in [0.2, 0.25) is 0 Å². The number of nitrogens with one attached hydrogen (secondary N) is 1. The summed E-state index contributed by atoms with van der Waals surface area (Å²) in [6.45, 7) is 0. The van der Waals surface area contributed by atoms with Gasteiger partial charge in [0.15, 0.2) is 0 Å². The summed E-state index contributed by atoms with van der Waals surface area (Å²) in [5.74, 6) is -1.46. The summed E-state index contributed by atoms with van der Waals surface area (Å²) >= 11 is 0. The number of hydrogen-bond acceptors (Lipinski definition) is 4. The highest BCUT2D eigenvalue weighted by Crippen LogP contribution is 2.21. The SMILES string of the molecule is Cn1nc(-c2ccccc2)cc1NC(=O)c1ccccc1C(=O)[O-]. The molecular weight excluding hydrogens is 306 g/mol. The van der Waals surface area contributed by atoms with Gasteiger partial charge >= 0.3 is 0 Å². The van der Waals surface area contributed by atoms with Crippen molar-refractivity contribution in [3.05, 3.63) is 71.8 Å². The van der Waals surface area contributed by atoms with E-state index in [4.69, 9.17) is 0 Å². The molecule has 3 rings (SSSR count). The minimum absolute atomic E-state index is 0.0416. The first-order chi connectivity index (χ1) is 11.6. The molecule has 120 valence electrons. The fourth-order valence-electron chi connectivity index (χ4n) is 2.38. The van der Waals surface area contributed by atoms with Crippen LogP contribution in [0.4, 0.5) is 5.82 Å². The van der Waals surface area contributed by atoms with Crippen molar-refractivity contribution in [2.24, 2.45) is 7.05 Å². The van der Waals surface area contributed by atoms with Crippen LogP contribution >= 0.6 is 0 Å². The highest BCUT2D eigenvalue weighted by atomic mass is 16.4. The molecule has 0 saturated heterocycles. The van der Waals surface area contributed by atoms with E-state index in [0.29, 0.717) is 11.5 Å². The molecule has 0 bridgehead atoms. The van der Waals surface area contributed by atoms with Gasteiger partial charge in [0, 0.05) is 29.8 Å². The molecule has 0 spiro atoms. The third-order valence-electron chi connectivity index (χ3n) is 3.58. The number of aryl methyl sites for hydroxylation is 1. The largest absolute Gasteiger partial charge is 0.545 e. The first kappa shape index (κ1) is 15.5. The number of aromatic carboxylic acids is 1. The van der Waals surface area contributed by atoms with Crippen LogP contribution in [-0.2, 0) is 7.05 Å². The summed E-state index contributed by atoms with van der Waals surface area (Å²) in [4.78, 5) is 23.5. The monoisotopic (exact) mass is 320 g/mol. The number of carboxylic acids is 1. The van der Waals surface area contributed by atoms with Crippen LogP contribution in [0, 0.1) is 0 Å². The van der Waals surface area contributed by atoms with Gasteiger partial charge in [-0.05, 0) is 6.07 Å². The maximum Gasteiger partial charge on any atom is 0.257 e. The van der Waals surface area contributed by atoms with E-state index in [0.717, 1.165) is 5.56 Å².